The number of nitrogens with one attached hydrogen (secondary N) is 2. The van der Waals surface area contributed by atoms with E-state index in [0.717, 1.165) is 4.90 Å². The largest absolute Gasteiger partial charge is 0.354 e. The van der Waals surface area contributed by atoms with Crippen LogP contribution in [0.15, 0.2) is 0 Å². The van der Waals surface area contributed by atoms with Gasteiger partial charge in [0.25, 0.3) is 0 Å². The van der Waals surface area contributed by atoms with Crippen LogP contribution in [-0.2, 0) is 14.4 Å². The standard InChI is InChI=1S/C10H13N3O4/c1-10(2)7(15)12-9(17)13(8(10)16)5-3-6(14)11-4-5/h5H,3-4H2,1-2H3,(H,11,14)(H,12,15,17). The number of amides is 5. The summed E-state index contributed by atoms with van der Waals surface area (Å²) < 4.78 is 0. The first-order valence-corrected chi connectivity index (χ1v) is 5.30. The summed E-state index contributed by atoms with van der Waals surface area (Å²) in [4.78, 5) is 47.3. The average Bonchev–Trinajstić information content (AvgIpc) is 2.63. The van der Waals surface area contributed by atoms with Gasteiger partial charge in [-0.2, -0.15) is 0 Å². The van der Waals surface area contributed by atoms with E-state index in [1.807, 2.05) is 0 Å². The molecule has 0 aromatic heterocycles. The second kappa shape index (κ2) is 3.54. The SMILES string of the molecule is CC1(C)C(=O)NC(=O)N(C2CNC(=O)C2)C1=O. The Balaban J connectivity index is 2.27. The summed E-state index contributed by atoms with van der Waals surface area (Å²) in [5, 5.41) is 4.68. The fraction of sp³-hybridized carbons (Fsp3) is 0.600. The van der Waals surface area contributed by atoms with Gasteiger partial charge in [0.15, 0.2) is 0 Å². The number of hydrogen-bond donors (Lipinski definition) is 2. The molecular weight excluding hydrogens is 226 g/mol. The molecule has 17 heavy (non-hydrogen) atoms. The molecule has 2 heterocycles. The van der Waals surface area contributed by atoms with E-state index in [0.29, 0.717) is 0 Å². The number of urea groups is 1. The molecule has 0 bridgehead atoms. The Hall–Kier alpha value is -1.92. The van der Waals surface area contributed by atoms with Gasteiger partial charge in [0.1, 0.15) is 5.41 Å². The van der Waals surface area contributed by atoms with E-state index in [2.05, 4.69) is 10.6 Å². The molecule has 2 saturated heterocycles. The third-order valence-electron chi connectivity index (χ3n) is 3.08. The number of nitrogens with zero attached hydrogens (tertiary/aromatic N) is 1. The van der Waals surface area contributed by atoms with Crippen molar-refractivity contribution in [2.75, 3.05) is 6.54 Å². The maximum atomic E-state index is 12.1. The third-order valence-corrected chi connectivity index (χ3v) is 3.08. The van der Waals surface area contributed by atoms with Crippen LogP contribution in [-0.4, -0.2) is 41.2 Å². The van der Waals surface area contributed by atoms with Crippen molar-refractivity contribution < 1.29 is 19.2 Å². The molecule has 0 radical (unpaired) electrons. The van der Waals surface area contributed by atoms with Gasteiger partial charge in [-0.25, -0.2) is 4.79 Å². The monoisotopic (exact) mass is 239 g/mol. The maximum Gasteiger partial charge on any atom is 0.331 e. The Bertz CT molecular complexity index is 429. The zero-order valence-electron chi connectivity index (χ0n) is 9.57. The average molecular weight is 239 g/mol. The van der Waals surface area contributed by atoms with Crippen LogP contribution in [0.4, 0.5) is 4.79 Å². The first kappa shape index (κ1) is 11.6. The topological polar surface area (TPSA) is 95.6 Å². The Morgan fingerprint density at radius 2 is 1.88 bits per heavy atom. The zero-order valence-corrected chi connectivity index (χ0v) is 9.57. The molecule has 0 aromatic rings. The lowest BCUT2D eigenvalue weighted by Gasteiger charge is -2.37. The van der Waals surface area contributed by atoms with Crippen LogP contribution in [0.2, 0.25) is 0 Å². The summed E-state index contributed by atoms with van der Waals surface area (Å²) in [6.45, 7) is 3.14. The minimum absolute atomic E-state index is 0.0867. The Morgan fingerprint density at radius 3 is 2.41 bits per heavy atom. The number of hydrogen-bond acceptors (Lipinski definition) is 4. The van der Waals surface area contributed by atoms with Crippen LogP contribution in [0, 0.1) is 5.41 Å². The van der Waals surface area contributed by atoms with Gasteiger partial charge in [0.2, 0.25) is 17.7 Å². The molecule has 2 rings (SSSR count). The highest BCUT2D eigenvalue weighted by molar-refractivity contribution is 6.18. The number of barbiturate groups is 1. The number of carbonyl (C=O) groups excluding carboxylic acids is 4. The highest BCUT2D eigenvalue weighted by Crippen LogP contribution is 2.26. The first-order chi connectivity index (χ1) is 7.84. The van der Waals surface area contributed by atoms with Gasteiger partial charge in [0, 0.05) is 13.0 Å². The van der Waals surface area contributed by atoms with E-state index in [-0.39, 0.29) is 18.9 Å². The normalized spacial score (nSPS) is 28.1. The molecule has 5 amide bonds. The highest BCUT2D eigenvalue weighted by atomic mass is 16.2. The van der Waals surface area contributed by atoms with Crippen LogP contribution in [0.5, 0.6) is 0 Å². The Morgan fingerprint density at radius 1 is 1.24 bits per heavy atom. The maximum absolute atomic E-state index is 12.1. The lowest BCUT2D eigenvalue weighted by Crippen LogP contribution is -2.64. The lowest BCUT2D eigenvalue weighted by atomic mass is 9.88. The van der Waals surface area contributed by atoms with E-state index in [9.17, 15) is 19.2 Å². The van der Waals surface area contributed by atoms with Crippen molar-refractivity contribution in [1.82, 2.24) is 15.5 Å². The van der Waals surface area contributed by atoms with Crippen molar-refractivity contribution in [3.05, 3.63) is 0 Å². The molecule has 7 nitrogen and oxygen atoms in total. The molecule has 0 aliphatic carbocycles. The van der Waals surface area contributed by atoms with Crippen molar-refractivity contribution in [3.8, 4) is 0 Å². The van der Waals surface area contributed by atoms with Gasteiger partial charge in [-0.05, 0) is 13.8 Å². The van der Waals surface area contributed by atoms with Crippen LogP contribution >= 0.6 is 0 Å². The minimum atomic E-state index is -1.28. The lowest BCUT2D eigenvalue weighted by molar-refractivity contribution is -0.150. The van der Waals surface area contributed by atoms with E-state index in [4.69, 9.17) is 0 Å². The summed E-state index contributed by atoms with van der Waals surface area (Å²) in [7, 11) is 0. The summed E-state index contributed by atoms with van der Waals surface area (Å²) in [6.07, 6.45) is 0.0867. The first-order valence-electron chi connectivity index (χ1n) is 5.30. The van der Waals surface area contributed by atoms with Gasteiger partial charge < -0.3 is 5.32 Å². The van der Waals surface area contributed by atoms with Gasteiger partial charge in [-0.15, -0.1) is 0 Å². The van der Waals surface area contributed by atoms with Crippen molar-refractivity contribution in [3.63, 3.8) is 0 Å². The van der Waals surface area contributed by atoms with Crippen molar-refractivity contribution >= 4 is 23.8 Å². The van der Waals surface area contributed by atoms with E-state index >= 15 is 0 Å². The van der Waals surface area contributed by atoms with Gasteiger partial charge in [-0.3, -0.25) is 24.6 Å². The predicted molar refractivity (Wildman–Crippen MR) is 55.6 cm³/mol. The van der Waals surface area contributed by atoms with Crippen LogP contribution in [0.25, 0.3) is 0 Å². The fourth-order valence-corrected chi connectivity index (χ4v) is 1.91. The molecular formula is C10H13N3O4. The van der Waals surface area contributed by atoms with Crippen molar-refractivity contribution in [2.45, 2.75) is 26.3 Å². The van der Waals surface area contributed by atoms with E-state index in [1.54, 1.807) is 0 Å². The quantitative estimate of drug-likeness (QED) is 0.572. The van der Waals surface area contributed by atoms with Crippen molar-refractivity contribution in [2.24, 2.45) is 5.41 Å². The molecule has 0 aromatic carbocycles. The minimum Gasteiger partial charge on any atom is -0.354 e. The molecule has 2 aliphatic heterocycles. The smallest absolute Gasteiger partial charge is 0.331 e. The second-order valence-electron chi connectivity index (χ2n) is 4.72. The zero-order chi connectivity index (χ0) is 12.8. The number of imide groups is 2. The molecule has 0 spiro atoms. The number of rotatable bonds is 1. The van der Waals surface area contributed by atoms with E-state index < -0.39 is 29.3 Å². The molecule has 1 atom stereocenters. The van der Waals surface area contributed by atoms with E-state index in [1.165, 1.54) is 13.8 Å². The van der Waals surface area contributed by atoms with Crippen LogP contribution < -0.4 is 10.6 Å². The molecule has 1 unspecified atom stereocenters. The molecule has 0 saturated carbocycles. The van der Waals surface area contributed by atoms with Crippen LogP contribution in [0.1, 0.15) is 20.3 Å². The molecule has 2 N–H and O–H groups in total. The molecule has 92 valence electrons. The molecule has 7 heteroatoms. The number of carbonyl (C=O) groups is 4. The third kappa shape index (κ3) is 1.67. The second-order valence-corrected chi connectivity index (χ2v) is 4.72. The summed E-state index contributed by atoms with van der Waals surface area (Å²) in [5.74, 6) is -1.38. The summed E-state index contributed by atoms with van der Waals surface area (Å²) in [5.41, 5.74) is -1.28. The van der Waals surface area contributed by atoms with Gasteiger partial charge in [0.05, 0.1) is 6.04 Å². The predicted octanol–water partition coefficient (Wildman–Crippen LogP) is -1.02. The van der Waals surface area contributed by atoms with Gasteiger partial charge >= 0.3 is 6.03 Å². The molecule has 2 aliphatic rings. The van der Waals surface area contributed by atoms with Crippen LogP contribution in [0.3, 0.4) is 0 Å². The summed E-state index contributed by atoms with van der Waals surface area (Å²) >= 11 is 0. The Kier molecular flexibility index (Phi) is 2.41. The summed E-state index contributed by atoms with van der Waals surface area (Å²) in [6, 6.07) is -1.26. The van der Waals surface area contributed by atoms with Crippen molar-refractivity contribution in [1.29, 1.82) is 0 Å². The van der Waals surface area contributed by atoms with Gasteiger partial charge in [-0.1, -0.05) is 0 Å². The Labute approximate surface area is 97.5 Å². The highest BCUT2D eigenvalue weighted by Gasteiger charge is 2.50. The molecule has 2 fully saturated rings. The fourth-order valence-electron chi connectivity index (χ4n) is 1.91.